The number of ether oxygens (including phenoxy) is 1. The van der Waals surface area contributed by atoms with Crippen LogP contribution >= 0.6 is 0 Å². The third kappa shape index (κ3) is 10.0. The fourth-order valence-electron chi connectivity index (χ4n) is 1.29. The lowest BCUT2D eigenvalue weighted by atomic mass is 10.1. The van der Waals surface area contributed by atoms with Crippen LogP contribution in [-0.4, -0.2) is 6.61 Å². The molecule has 0 aromatic rings. The van der Waals surface area contributed by atoms with E-state index >= 15 is 0 Å². The van der Waals surface area contributed by atoms with Crippen molar-refractivity contribution in [2.75, 3.05) is 6.61 Å². The third-order valence-electron chi connectivity index (χ3n) is 2.59. The summed E-state index contributed by atoms with van der Waals surface area (Å²) in [7, 11) is 0. The predicted octanol–water partition coefficient (Wildman–Crippen LogP) is 4.57. The van der Waals surface area contributed by atoms with Gasteiger partial charge in [-0.3, -0.25) is 0 Å². The number of rotatable bonds is 10. The van der Waals surface area contributed by atoms with E-state index in [-0.39, 0.29) is 0 Å². The third-order valence-corrected chi connectivity index (χ3v) is 2.59. The van der Waals surface area contributed by atoms with Crippen LogP contribution in [0.15, 0.2) is 0 Å². The van der Waals surface area contributed by atoms with Gasteiger partial charge in [0.25, 0.3) is 0 Å². The highest BCUT2D eigenvalue weighted by atomic mass is 16.5. The van der Waals surface area contributed by atoms with Gasteiger partial charge >= 0.3 is 0 Å². The van der Waals surface area contributed by atoms with E-state index in [9.17, 15) is 0 Å². The Kier molecular flexibility index (Phi) is 11.0. The Bertz CT molecular complexity index is 101. The lowest BCUT2D eigenvalue weighted by Crippen LogP contribution is -1.99. The second-order valence-electron chi connectivity index (χ2n) is 4.16. The van der Waals surface area contributed by atoms with Gasteiger partial charge in [-0.05, 0) is 12.3 Å². The molecule has 0 aliphatic rings. The van der Waals surface area contributed by atoms with Crippen LogP contribution in [0.5, 0.6) is 0 Å². The topological polar surface area (TPSA) is 9.23 Å². The lowest BCUT2D eigenvalue weighted by molar-refractivity contribution is 0.163. The lowest BCUT2D eigenvalue weighted by Gasteiger charge is -2.08. The van der Waals surface area contributed by atoms with Crippen LogP contribution in [0.25, 0.3) is 0 Å². The molecule has 0 aliphatic heterocycles. The molecule has 1 unspecified atom stereocenters. The maximum Gasteiger partial charge on any atom is 0.0864 e. The van der Waals surface area contributed by atoms with E-state index in [0.717, 1.165) is 6.61 Å². The molecule has 1 heteroatoms. The summed E-state index contributed by atoms with van der Waals surface area (Å²) in [4.78, 5) is 0. The molecular weight excluding hydrogens is 172 g/mol. The van der Waals surface area contributed by atoms with Crippen LogP contribution in [0.3, 0.4) is 0 Å². The molecule has 0 saturated heterocycles. The van der Waals surface area contributed by atoms with Gasteiger partial charge in [-0.15, -0.1) is 0 Å². The summed E-state index contributed by atoms with van der Waals surface area (Å²) >= 11 is 0. The van der Waals surface area contributed by atoms with Crippen molar-refractivity contribution in [3.05, 3.63) is 6.61 Å². The minimum Gasteiger partial charge on any atom is -0.375 e. The molecule has 0 aromatic carbocycles. The fraction of sp³-hybridized carbons (Fsp3) is 0.923. The van der Waals surface area contributed by atoms with Gasteiger partial charge in [0.15, 0.2) is 0 Å². The van der Waals surface area contributed by atoms with Gasteiger partial charge < -0.3 is 4.74 Å². The summed E-state index contributed by atoms with van der Waals surface area (Å²) in [5, 5.41) is 0. The van der Waals surface area contributed by atoms with E-state index in [1.54, 1.807) is 0 Å². The summed E-state index contributed by atoms with van der Waals surface area (Å²) in [6, 6.07) is 0. The minimum atomic E-state index is 0.607. The zero-order valence-corrected chi connectivity index (χ0v) is 10.2. The second kappa shape index (κ2) is 11.0. The van der Waals surface area contributed by atoms with Crippen molar-refractivity contribution < 1.29 is 4.74 Å². The molecule has 0 bridgehead atoms. The van der Waals surface area contributed by atoms with E-state index in [2.05, 4.69) is 20.8 Å². The smallest absolute Gasteiger partial charge is 0.0864 e. The van der Waals surface area contributed by atoms with Gasteiger partial charge in [-0.1, -0.05) is 59.3 Å². The molecule has 0 N–H and O–H groups in total. The molecule has 0 spiro atoms. The van der Waals surface area contributed by atoms with Crippen LogP contribution in [-0.2, 0) is 4.74 Å². The van der Waals surface area contributed by atoms with Crippen LogP contribution in [0.4, 0.5) is 0 Å². The van der Waals surface area contributed by atoms with Gasteiger partial charge in [0.2, 0.25) is 0 Å². The molecule has 85 valence electrons. The van der Waals surface area contributed by atoms with E-state index in [1.807, 2.05) is 6.61 Å². The molecule has 0 rings (SSSR count). The zero-order chi connectivity index (χ0) is 10.6. The normalized spacial score (nSPS) is 13.1. The highest BCUT2D eigenvalue weighted by molar-refractivity contribution is 4.59. The SMILES string of the molecule is CCCCCCCCO[CH]C(C)CC. The number of hydrogen-bond donors (Lipinski definition) is 0. The molecule has 0 fully saturated rings. The fourth-order valence-corrected chi connectivity index (χ4v) is 1.29. The Labute approximate surface area is 90.2 Å². The highest BCUT2D eigenvalue weighted by Gasteiger charge is 1.98. The first-order valence-electron chi connectivity index (χ1n) is 6.26. The molecule has 0 saturated carbocycles. The van der Waals surface area contributed by atoms with Crippen molar-refractivity contribution in [3.63, 3.8) is 0 Å². The maximum atomic E-state index is 5.47. The van der Waals surface area contributed by atoms with E-state index in [1.165, 1.54) is 44.9 Å². The monoisotopic (exact) mass is 199 g/mol. The summed E-state index contributed by atoms with van der Waals surface area (Å²) in [5.41, 5.74) is 0. The minimum absolute atomic E-state index is 0.607. The molecule has 0 amide bonds. The zero-order valence-electron chi connectivity index (χ0n) is 10.2. The summed E-state index contributed by atoms with van der Waals surface area (Å²) in [6.07, 6.45) is 9.21. The first-order chi connectivity index (χ1) is 6.81. The molecule has 14 heavy (non-hydrogen) atoms. The quantitative estimate of drug-likeness (QED) is 0.468. The molecular formula is C13H27O. The first kappa shape index (κ1) is 14.0. The standard InChI is InChI=1S/C13H27O/c1-4-6-7-8-9-10-11-14-12-13(3)5-2/h12-13H,4-11H2,1-3H3. The predicted molar refractivity (Wildman–Crippen MR) is 63.1 cm³/mol. The largest absolute Gasteiger partial charge is 0.375 e. The van der Waals surface area contributed by atoms with Crippen LogP contribution in [0.2, 0.25) is 0 Å². The van der Waals surface area contributed by atoms with Crippen molar-refractivity contribution in [1.82, 2.24) is 0 Å². The van der Waals surface area contributed by atoms with Gasteiger partial charge in [0.1, 0.15) is 0 Å². The van der Waals surface area contributed by atoms with E-state index < -0.39 is 0 Å². The molecule has 1 atom stereocenters. The Balaban J connectivity index is 2.92. The van der Waals surface area contributed by atoms with E-state index in [4.69, 9.17) is 4.74 Å². The Hall–Kier alpha value is -0.0400. The number of unbranched alkanes of at least 4 members (excludes halogenated alkanes) is 5. The van der Waals surface area contributed by atoms with Crippen LogP contribution < -0.4 is 0 Å². The average Bonchev–Trinajstić information content (AvgIpc) is 2.21. The second-order valence-corrected chi connectivity index (χ2v) is 4.16. The Morgan fingerprint density at radius 2 is 1.64 bits per heavy atom. The molecule has 0 aliphatic carbocycles. The molecule has 1 radical (unpaired) electrons. The van der Waals surface area contributed by atoms with Gasteiger partial charge in [0, 0.05) is 6.61 Å². The summed E-state index contributed by atoms with van der Waals surface area (Å²) in [5.74, 6) is 0.607. The maximum absolute atomic E-state index is 5.47. The van der Waals surface area contributed by atoms with Crippen molar-refractivity contribution in [2.24, 2.45) is 5.92 Å². The van der Waals surface area contributed by atoms with Crippen molar-refractivity contribution in [1.29, 1.82) is 0 Å². The van der Waals surface area contributed by atoms with Gasteiger partial charge in [0.05, 0.1) is 6.61 Å². The van der Waals surface area contributed by atoms with Crippen LogP contribution in [0.1, 0.15) is 65.7 Å². The van der Waals surface area contributed by atoms with Crippen molar-refractivity contribution >= 4 is 0 Å². The Morgan fingerprint density at radius 3 is 2.29 bits per heavy atom. The van der Waals surface area contributed by atoms with E-state index in [0.29, 0.717) is 5.92 Å². The molecule has 0 heterocycles. The Morgan fingerprint density at radius 1 is 1.00 bits per heavy atom. The van der Waals surface area contributed by atoms with Crippen molar-refractivity contribution in [2.45, 2.75) is 65.7 Å². The number of hydrogen-bond acceptors (Lipinski definition) is 1. The summed E-state index contributed by atoms with van der Waals surface area (Å²) in [6.45, 7) is 9.54. The summed E-state index contributed by atoms with van der Waals surface area (Å²) < 4.78 is 5.47. The average molecular weight is 199 g/mol. The van der Waals surface area contributed by atoms with Crippen LogP contribution in [0, 0.1) is 12.5 Å². The van der Waals surface area contributed by atoms with Gasteiger partial charge in [-0.25, -0.2) is 0 Å². The van der Waals surface area contributed by atoms with Crippen molar-refractivity contribution in [3.8, 4) is 0 Å². The van der Waals surface area contributed by atoms with Gasteiger partial charge in [-0.2, -0.15) is 0 Å². The highest BCUT2D eigenvalue weighted by Crippen LogP contribution is 2.08. The molecule has 0 aromatic heterocycles. The first-order valence-corrected chi connectivity index (χ1v) is 6.26. The molecule has 1 nitrogen and oxygen atoms in total.